The highest BCUT2D eigenvalue weighted by atomic mass is 32.2. The highest BCUT2D eigenvalue weighted by Gasteiger charge is 2.19. The van der Waals surface area contributed by atoms with Gasteiger partial charge in [0, 0.05) is 23.7 Å². The van der Waals surface area contributed by atoms with Crippen molar-refractivity contribution in [2.24, 2.45) is 7.05 Å². The number of ether oxygens (including phenoxy) is 1. The zero-order chi connectivity index (χ0) is 13.4. The molecule has 3 rings (SSSR count). The summed E-state index contributed by atoms with van der Waals surface area (Å²) < 4.78 is 6.82. The molecule has 1 aliphatic rings. The predicted octanol–water partition coefficient (Wildman–Crippen LogP) is 0.274. The Kier molecular flexibility index (Phi) is 2.75. The molecule has 8 nitrogen and oxygen atoms in total. The van der Waals surface area contributed by atoms with E-state index in [4.69, 9.17) is 10.5 Å². The third-order valence-corrected chi connectivity index (χ3v) is 3.63. The van der Waals surface area contributed by atoms with E-state index in [2.05, 4.69) is 20.8 Å². The van der Waals surface area contributed by atoms with Gasteiger partial charge < -0.3 is 15.8 Å². The Morgan fingerprint density at radius 2 is 2.37 bits per heavy atom. The summed E-state index contributed by atoms with van der Waals surface area (Å²) in [5.41, 5.74) is 7.10. The van der Waals surface area contributed by atoms with E-state index in [1.54, 1.807) is 23.9 Å². The molecule has 0 unspecified atom stereocenters. The lowest BCUT2D eigenvalue weighted by Crippen LogP contribution is -2.25. The molecule has 2 heterocycles. The number of hydrogen-bond acceptors (Lipinski definition) is 7. The van der Waals surface area contributed by atoms with Gasteiger partial charge in [0.1, 0.15) is 5.75 Å². The number of benzene rings is 1. The first kappa shape index (κ1) is 11.8. The molecule has 3 N–H and O–H groups in total. The van der Waals surface area contributed by atoms with Crippen molar-refractivity contribution in [2.45, 2.75) is 10.1 Å². The van der Waals surface area contributed by atoms with Crippen LogP contribution in [0.5, 0.6) is 5.75 Å². The van der Waals surface area contributed by atoms with Gasteiger partial charge in [-0.25, -0.2) is 4.68 Å². The number of nitrogens with two attached hydrogens (primary N) is 1. The lowest BCUT2D eigenvalue weighted by Gasteiger charge is -2.19. The van der Waals surface area contributed by atoms with Crippen LogP contribution in [0, 0.1) is 0 Å². The first-order valence-corrected chi connectivity index (χ1v) is 6.21. The molecule has 0 aliphatic carbocycles. The molecule has 2 aromatic rings. The van der Waals surface area contributed by atoms with E-state index in [0.717, 1.165) is 4.90 Å². The molecule has 98 valence electrons. The summed E-state index contributed by atoms with van der Waals surface area (Å²) in [4.78, 5) is 12.0. The molecule has 0 fully saturated rings. The molecule has 0 atom stereocenters. The van der Waals surface area contributed by atoms with Gasteiger partial charge in [0.05, 0.1) is 5.69 Å². The third-order valence-electron chi connectivity index (χ3n) is 2.53. The van der Waals surface area contributed by atoms with E-state index in [1.807, 2.05) is 0 Å². The molecule has 0 radical (unpaired) electrons. The first-order valence-electron chi connectivity index (χ1n) is 5.40. The minimum atomic E-state index is -0.187. The van der Waals surface area contributed by atoms with Crippen molar-refractivity contribution in [3.05, 3.63) is 12.1 Å². The van der Waals surface area contributed by atoms with Crippen LogP contribution in [0.2, 0.25) is 0 Å². The van der Waals surface area contributed by atoms with Crippen molar-refractivity contribution in [3.63, 3.8) is 0 Å². The van der Waals surface area contributed by atoms with Crippen LogP contribution >= 0.6 is 11.8 Å². The Bertz CT molecular complexity index is 655. The molecule has 1 aliphatic heterocycles. The first-order chi connectivity index (χ1) is 9.13. The maximum absolute atomic E-state index is 11.3. The number of carbonyl (C=O) groups excluding carboxylic acids is 1. The smallest absolute Gasteiger partial charge is 0.262 e. The normalized spacial score (nSPS) is 13.6. The molecule has 0 spiro atoms. The number of hydrogen-bond donors (Lipinski definition) is 2. The van der Waals surface area contributed by atoms with Crippen molar-refractivity contribution in [3.8, 4) is 5.75 Å². The number of amides is 1. The summed E-state index contributed by atoms with van der Waals surface area (Å²) in [5.74, 6) is 0.381. The van der Waals surface area contributed by atoms with Gasteiger partial charge in [0.25, 0.3) is 5.91 Å². The summed E-state index contributed by atoms with van der Waals surface area (Å²) >= 11 is 1.32. The second kappa shape index (κ2) is 4.43. The average molecular weight is 278 g/mol. The van der Waals surface area contributed by atoms with Gasteiger partial charge in [-0.2, -0.15) is 0 Å². The van der Waals surface area contributed by atoms with Crippen LogP contribution in [0.4, 0.5) is 11.4 Å². The van der Waals surface area contributed by atoms with Crippen LogP contribution in [0.1, 0.15) is 0 Å². The lowest BCUT2D eigenvalue weighted by molar-refractivity contribution is -0.118. The van der Waals surface area contributed by atoms with Crippen LogP contribution in [0.25, 0.3) is 0 Å². The number of rotatable bonds is 2. The fourth-order valence-electron chi connectivity index (χ4n) is 1.62. The highest BCUT2D eigenvalue weighted by molar-refractivity contribution is 7.99. The zero-order valence-electron chi connectivity index (χ0n) is 9.95. The van der Waals surface area contributed by atoms with Gasteiger partial charge in [-0.15, -0.1) is 5.10 Å². The maximum atomic E-state index is 11.3. The molecule has 0 saturated carbocycles. The number of aryl methyl sites for hydroxylation is 1. The number of nitrogens with one attached hydrogen (secondary N) is 1. The maximum Gasteiger partial charge on any atom is 0.262 e. The van der Waals surface area contributed by atoms with Crippen LogP contribution in [-0.2, 0) is 11.8 Å². The summed E-state index contributed by atoms with van der Waals surface area (Å²) in [6.07, 6.45) is 0. The second-order valence-electron chi connectivity index (χ2n) is 3.91. The SMILES string of the molecule is Cn1nnnc1Sc1cc2c(cc1N)OCC(=O)N2. The fraction of sp³-hybridized carbons (Fsp3) is 0.200. The van der Waals surface area contributed by atoms with Gasteiger partial charge in [-0.05, 0) is 28.3 Å². The largest absolute Gasteiger partial charge is 0.482 e. The molecule has 0 bridgehead atoms. The summed E-state index contributed by atoms with van der Waals surface area (Å²) in [5, 5.41) is 14.5. The fourth-order valence-corrected chi connectivity index (χ4v) is 2.41. The number of carbonyl (C=O) groups is 1. The van der Waals surface area contributed by atoms with E-state index in [0.29, 0.717) is 22.3 Å². The lowest BCUT2D eigenvalue weighted by atomic mass is 10.2. The molecular weight excluding hydrogens is 268 g/mol. The standard InChI is InChI=1S/C10H10N6O2S/c1-16-10(13-14-15-16)19-8-3-6-7(2-5(8)11)18-4-9(17)12-6/h2-3H,4,11H2,1H3,(H,12,17). The van der Waals surface area contributed by atoms with Gasteiger partial charge in [-0.1, -0.05) is 0 Å². The van der Waals surface area contributed by atoms with E-state index >= 15 is 0 Å². The Labute approximate surface area is 112 Å². The van der Waals surface area contributed by atoms with Crippen LogP contribution in [0.15, 0.2) is 22.2 Å². The van der Waals surface area contributed by atoms with E-state index in [9.17, 15) is 4.79 Å². The van der Waals surface area contributed by atoms with Crippen LogP contribution in [-0.4, -0.2) is 32.7 Å². The van der Waals surface area contributed by atoms with E-state index < -0.39 is 0 Å². The Morgan fingerprint density at radius 3 is 3.11 bits per heavy atom. The Balaban J connectivity index is 1.96. The zero-order valence-corrected chi connectivity index (χ0v) is 10.8. The van der Waals surface area contributed by atoms with Gasteiger partial charge in [0.15, 0.2) is 6.61 Å². The van der Waals surface area contributed by atoms with Crippen LogP contribution in [0.3, 0.4) is 0 Å². The number of nitrogens with zero attached hydrogens (tertiary/aromatic N) is 4. The van der Waals surface area contributed by atoms with Crippen molar-refractivity contribution in [1.29, 1.82) is 0 Å². The average Bonchev–Trinajstić information content (AvgIpc) is 2.77. The number of tetrazole rings is 1. The predicted molar refractivity (Wildman–Crippen MR) is 67.9 cm³/mol. The Morgan fingerprint density at radius 1 is 1.53 bits per heavy atom. The van der Waals surface area contributed by atoms with Gasteiger partial charge in [0.2, 0.25) is 5.16 Å². The summed E-state index contributed by atoms with van der Waals surface area (Å²) in [6.45, 7) is 0.00609. The molecule has 1 aromatic heterocycles. The second-order valence-corrected chi connectivity index (χ2v) is 4.92. The molecule has 1 amide bonds. The minimum absolute atomic E-state index is 0.00609. The molecule has 0 saturated heterocycles. The van der Waals surface area contributed by atoms with E-state index in [-0.39, 0.29) is 12.5 Å². The molecular formula is C10H10N6O2S. The molecule has 1 aromatic carbocycles. The summed E-state index contributed by atoms with van der Waals surface area (Å²) in [6, 6.07) is 3.43. The molecule has 19 heavy (non-hydrogen) atoms. The summed E-state index contributed by atoms with van der Waals surface area (Å²) in [7, 11) is 1.74. The minimum Gasteiger partial charge on any atom is -0.482 e. The highest BCUT2D eigenvalue weighted by Crippen LogP contribution is 2.38. The topological polar surface area (TPSA) is 108 Å². The van der Waals surface area contributed by atoms with Crippen molar-refractivity contribution in [1.82, 2.24) is 20.2 Å². The quantitative estimate of drug-likeness (QED) is 0.759. The third kappa shape index (κ3) is 2.19. The monoisotopic (exact) mass is 278 g/mol. The Hall–Kier alpha value is -2.29. The van der Waals surface area contributed by atoms with Crippen LogP contribution < -0.4 is 15.8 Å². The number of aromatic nitrogens is 4. The van der Waals surface area contributed by atoms with Crippen molar-refractivity contribution in [2.75, 3.05) is 17.7 Å². The number of anilines is 2. The van der Waals surface area contributed by atoms with E-state index in [1.165, 1.54) is 11.8 Å². The van der Waals surface area contributed by atoms with Gasteiger partial charge >= 0.3 is 0 Å². The molecule has 9 heteroatoms. The number of fused-ring (bicyclic) bond motifs is 1. The van der Waals surface area contributed by atoms with Crippen molar-refractivity contribution < 1.29 is 9.53 Å². The number of nitrogen functional groups attached to an aromatic ring is 1. The van der Waals surface area contributed by atoms with Crippen molar-refractivity contribution >= 4 is 29.0 Å². The van der Waals surface area contributed by atoms with Gasteiger partial charge in [-0.3, -0.25) is 4.79 Å².